The number of carbonyl (C=O) groups excluding carboxylic acids is 1. The van der Waals surface area contributed by atoms with Crippen LogP contribution in [0.5, 0.6) is 5.75 Å². The van der Waals surface area contributed by atoms with Crippen molar-refractivity contribution in [1.82, 2.24) is 24.4 Å². The van der Waals surface area contributed by atoms with Crippen LogP contribution < -0.4 is 10.6 Å². The van der Waals surface area contributed by atoms with Crippen molar-refractivity contribution in [2.45, 2.75) is 66.0 Å². The van der Waals surface area contributed by atoms with Gasteiger partial charge in [-0.2, -0.15) is 4.98 Å². The molecule has 1 saturated heterocycles. The normalized spacial score (nSPS) is 15.7. The standard InChI is InChI=1S/C32H36ClFN6O4/c1-17(2)25-27(18(3)10-11-35-25)40-29-22(15-23(33)26(36-29)21-14-20(34)8-9-24(21)41)28(37-30(40)42)39-13-12-38(16-19(39)4)31(43)44-32(5,6)7/h8-11,14-15,17,19,41H,12-13,16H2,1-7H3/t19-/m0/s1. The minimum atomic E-state index is -0.630. The largest absolute Gasteiger partial charge is 0.507 e. The van der Waals surface area contributed by atoms with Gasteiger partial charge in [0.15, 0.2) is 5.65 Å². The number of fused-ring (bicyclic) bond motifs is 1. The average molecular weight is 623 g/mol. The molecule has 1 amide bonds. The number of halogens is 2. The molecule has 1 aliphatic rings. The van der Waals surface area contributed by atoms with Crippen molar-refractivity contribution in [2.24, 2.45) is 0 Å². The quantitative estimate of drug-likeness (QED) is 0.285. The van der Waals surface area contributed by atoms with E-state index in [1.54, 1.807) is 23.2 Å². The van der Waals surface area contributed by atoms with Gasteiger partial charge in [0.05, 0.1) is 27.5 Å². The molecule has 0 unspecified atom stereocenters. The van der Waals surface area contributed by atoms with E-state index in [0.29, 0.717) is 42.2 Å². The summed E-state index contributed by atoms with van der Waals surface area (Å²) >= 11 is 6.78. The first-order valence-corrected chi connectivity index (χ1v) is 14.9. The van der Waals surface area contributed by atoms with Crippen LogP contribution in [0.3, 0.4) is 0 Å². The third-order valence-electron chi connectivity index (χ3n) is 7.49. The highest BCUT2D eigenvalue weighted by molar-refractivity contribution is 6.34. The smallest absolute Gasteiger partial charge is 0.410 e. The number of rotatable bonds is 4. The molecule has 0 radical (unpaired) electrons. The summed E-state index contributed by atoms with van der Waals surface area (Å²) in [6.07, 6.45) is 1.28. The Hall–Kier alpha value is -4.25. The summed E-state index contributed by atoms with van der Waals surface area (Å²) in [5.41, 5.74) is 1.21. The number of phenols is 1. The van der Waals surface area contributed by atoms with Crippen LogP contribution in [0.25, 0.3) is 28.0 Å². The van der Waals surface area contributed by atoms with Gasteiger partial charge in [-0.25, -0.2) is 23.5 Å². The summed E-state index contributed by atoms with van der Waals surface area (Å²) in [6.45, 7) is 14.3. The highest BCUT2D eigenvalue weighted by Gasteiger charge is 2.33. The zero-order valence-corrected chi connectivity index (χ0v) is 26.6. The number of anilines is 1. The van der Waals surface area contributed by atoms with E-state index in [0.717, 1.165) is 17.7 Å². The van der Waals surface area contributed by atoms with Gasteiger partial charge in [-0.1, -0.05) is 25.4 Å². The second-order valence-corrected chi connectivity index (χ2v) is 12.8. The topological polar surface area (TPSA) is 114 Å². The van der Waals surface area contributed by atoms with Gasteiger partial charge in [-0.05, 0) is 76.4 Å². The van der Waals surface area contributed by atoms with Crippen LogP contribution in [-0.2, 0) is 4.74 Å². The summed E-state index contributed by atoms with van der Waals surface area (Å²) in [5.74, 6) is -0.470. The van der Waals surface area contributed by atoms with Crippen LogP contribution in [0.4, 0.5) is 15.0 Å². The number of hydrogen-bond donors (Lipinski definition) is 1. The molecule has 0 saturated carbocycles. The third-order valence-corrected chi connectivity index (χ3v) is 7.78. The van der Waals surface area contributed by atoms with E-state index < -0.39 is 23.2 Å². The van der Waals surface area contributed by atoms with E-state index in [1.165, 1.54) is 10.6 Å². The lowest BCUT2D eigenvalue weighted by Crippen LogP contribution is -2.55. The number of benzene rings is 1. The number of carbonyl (C=O) groups is 1. The molecule has 44 heavy (non-hydrogen) atoms. The van der Waals surface area contributed by atoms with E-state index >= 15 is 0 Å². The van der Waals surface area contributed by atoms with Crippen molar-refractivity contribution in [3.63, 3.8) is 0 Å². The van der Waals surface area contributed by atoms with Crippen LogP contribution in [0, 0.1) is 12.7 Å². The summed E-state index contributed by atoms with van der Waals surface area (Å²) in [6, 6.07) is 6.71. The maximum Gasteiger partial charge on any atom is 0.410 e. The number of aromatic hydroxyl groups is 1. The number of aromatic nitrogens is 4. The highest BCUT2D eigenvalue weighted by Crippen LogP contribution is 2.38. The molecule has 1 aromatic carbocycles. The van der Waals surface area contributed by atoms with Gasteiger partial charge < -0.3 is 19.6 Å². The Labute approximate surface area is 260 Å². The van der Waals surface area contributed by atoms with Gasteiger partial charge in [0.1, 0.15) is 23.0 Å². The van der Waals surface area contributed by atoms with E-state index in [9.17, 15) is 19.1 Å². The number of amides is 1. The fraction of sp³-hybridized carbons (Fsp3) is 0.406. The van der Waals surface area contributed by atoms with Crippen molar-refractivity contribution >= 4 is 34.5 Å². The first-order valence-electron chi connectivity index (χ1n) is 14.5. The fourth-order valence-electron chi connectivity index (χ4n) is 5.46. The summed E-state index contributed by atoms with van der Waals surface area (Å²) in [4.78, 5) is 44.4. The zero-order valence-electron chi connectivity index (χ0n) is 25.9. The minimum absolute atomic E-state index is 0.0356. The van der Waals surface area contributed by atoms with Gasteiger partial charge in [-0.3, -0.25) is 4.98 Å². The molecular weight excluding hydrogens is 587 g/mol. The molecule has 12 heteroatoms. The molecule has 1 fully saturated rings. The first-order chi connectivity index (χ1) is 20.7. The van der Waals surface area contributed by atoms with Gasteiger partial charge in [0, 0.05) is 37.4 Å². The lowest BCUT2D eigenvalue weighted by atomic mass is 10.0. The predicted molar refractivity (Wildman–Crippen MR) is 168 cm³/mol. The fourth-order valence-corrected chi connectivity index (χ4v) is 5.72. The van der Waals surface area contributed by atoms with E-state index in [4.69, 9.17) is 21.3 Å². The molecule has 0 aliphatic carbocycles. The van der Waals surface area contributed by atoms with Gasteiger partial charge in [-0.15, -0.1) is 0 Å². The van der Waals surface area contributed by atoms with Crippen LogP contribution in [0.2, 0.25) is 5.02 Å². The van der Waals surface area contributed by atoms with Crippen molar-refractivity contribution < 1.29 is 19.0 Å². The van der Waals surface area contributed by atoms with Crippen LogP contribution in [0.15, 0.2) is 41.3 Å². The molecule has 4 aromatic rings. The molecule has 232 valence electrons. The molecule has 1 aliphatic heterocycles. The average Bonchev–Trinajstić information content (AvgIpc) is 2.93. The lowest BCUT2D eigenvalue weighted by Gasteiger charge is -2.41. The van der Waals surface area contributed by atoms with Crippen molar-refractivity contribution in [1.29, 1.82) is 0 Å². The summed E-state index contributed by atoms with van der Waals surface area (Å²) in [5, 5.41) is 11.2. The maximum atomic E-state index is 14.3. The summed E-state index contributed by atoms with van der Waals surface area (Å²) in [7, 11) is 0. The Morgan fingerprint density at radius 3 is 2.55 bits per heavy atom. The molecule has 4 heterocycles. The van der Waals surface area contributed by atoms with Crippen molar-refractivity contribution in [3.8, 4) is 22.7 Å². The monoisotopic (exact) mass is 622 g/mol. The van der Waals surface area contributed by atoms with E-state index in [-0.39, 0.29) is 39.6 Å². The van der Waals surface area contributed by atoms with Crippen LogP contribution in [-0.4, -0.2) is 66.9 Å². The highest BCUT2D eigenvalue weighted by atomic mass is 35.5. The maximum absolute atomic E-state index is 14.3. The molecule has 3 aromatic heterocycles. The number of nitrogens with zero attached hydrogens (tertiary/aromatic N) is 6. The van der Waals surface area contributed by atoms with Crippen molar-refractivity contribution in [2.75, 3.05) is 24.5 Å². The Balaban J connectivity index is 1.73. The molecular formula is C32H36ClFN6O4. The number of aryl methyl sites for hydroxylation is 1. The predicted octanol–water partition coefficient (Wildman–Crippen LogP) is 6.22. The number of phenolic OH excluding ortho intramolecular Hbond substituents is 1. The summed E-state index contributed by atoms with van der Waals surface area (Å²) < 4.78 is 21.3. The Morgan fingerprint density at radius 1 is 1.16 bits per heavy atom. The molecule has 10 nitrogen and oxygen atoms in total. The number of pyridine rings is 2. The Bertz CT molecular complexity index is 1820. The molecule has 0 bridgehead atoms. The Morgan fingerprint density at radius 2 is 1.89 bits per heavy atom. The molecule has 5 rings (SSSR count). The number of ether oxygens (including phenoxy) is 1. The lowest BCUT2D eigenvalue weighted by molar-refractivity contribution is 0.0218. The molecule has 1 N–H and O–H groups in total. The van der Waals surface area contributed by atoms with Crippen LogP contribution >= 0.6 is 11.6 Å². The molecule has 0 spiro atoms. The van der Waals surface area contributed by atoms with E-state index in [1.807, 2.05) is 53.4 Å². The molecule has 1 atom stereocenters. The number of piperazine rings is 1. The zero-order chi connectivity index (χ0) is 32.1. The second-order valence-electron chi connectivity index (χ2n) is 12.4. The second kappa shape index (κ2) is 11.7. The minimum Gasteiger partial charge on any atom is -0.507 e. The van der Waals surface area contributed by atoms with E-state index in [2.05, 4.69) is 9.97 Å². The van der Waals surface area contributed by atoms with Gasteiger partial charge in [0.2, 0.25) is 0 Å². The number of hydrogen-bond acceptors (Lipinski definition) is 8. The van der Waals surface area contributed by atoms with Crippen molar-refractivity contribution in [3.05, 3.63) is 69.1 Å². The SMILES string of the molecule is Cc1ccnc(C(C)C)c1-n1c(=O)nc(N2CCN(C(=O)OC(C)(C)C)C[C@@H]2C)c2cc(Cl)c(-c3cc(F)ccc3O)nc21. The van der Waals surface area contributed by atoms with Gasteiger partial charge >= 0.3 is 11.8 Å². The van der Waals surface area contributed by atoms with Gasteiger partial charge in [0.25, 0.3) is 0 Å². The van der Waals surface area contributed by atoms with Crippen LogP contribution in [0.1, 0.15) is 58.7 Å². The first kappa shape index (κ1) is 31.2. The Kier molecular flexibility index (Phi) is 8.28. The third kappa shape index (κ3) is 5.93.